The van der Waals surface area contributed by atoms with Crippen LogP contribution in [0.25, 0.3) is 0 Å². The molecule has 2 aromatic rings. The minimum Gasteiger partial charge on any atom is -0.491 e. The summed E-state index contributed by atoms with van der Waals surface area (Å²) in [6.07, 6.45) is 1.61. The second-order valence-electron chi connectivity index (χ2n) is 8.73. The van der Waals surface area contributed by atoms with Crippen molar-refractivity contribution in [1.82, 2.24) is 4.90 Å². The third kappa shape index (κ3) is 4.71. The Labute approximate surface area is 183 Å². The molecule has 1 unspecified atom stereocenters. The predicted molar refractivity (Wildman–Crippen MR) is 117 cm³/mol. The van der Waals surface area contributed by atoms with Crippen LogP contribution in [-0.2, 0) is 4.74 Å². The lowest BCUT2D eigenvalue weighted by Crippen LogP contribution is -2.51. The van der Waals surface area contributed by atoms with E-state index in [1.807, 2.05) is 30.0 Å². The van der Waals surface area contributed by atoms with E-state index in [1.165, 1.54) is 6.07 Å². The topological polar surface area (TPSA) is 51.2 Å². The zero-order valence-electron chi connectivity index (χ0n) is 18.5. The van der Waals surface area contributed by atoms with E-state index in [9.17, 15) is 9.50 Å². The van der Waals surface area contributed by atoms with E-state index in [1.54, 1.807) is 12.1 Å². The maximum absolute atomic E-state index is 14.2. The molecular weight excluding hydrogens is 397 g/mol. The Morgan fingerprint density at radius 2 is 1.94 bits per heavy atom. The minimum absolute atomic E-state index is 0.00151. The second-order valence-corrected chi connectivity index (χ2v) is 8.73. The van der Waals surface area contributed by atoms with E-state index in [2.05, 4.69) is 19.9 Å². The van der Waals surface area contributed by atoms with Gasteiger partial charge in [-0.2, -0.15) is 0 Å². The summed E-state index contributed by atoms with van der Waals surface area (Å²) in [6, 6.07) is 12.8. The van der Waals surface area contributed by atoms with Gasteiger partial charge >= 0.3 is 0 Å². The minimum atomic E-state index is -0.860. The highest BCUT2D eigenvalue weighted by Gasteiger charge is 2.44. The molecule has 1 spiro atoms. The van der Waals surface area contributed by atoms with Crippen LogP contribution in [0.2, 0.25) is 0 Å². The molecule has 2 heterocycles. The number of hydrogen-bond donors (Lipinski definition) is 1. The van der Waals surface area contributed by atoms with Gasteiger partial charge in [0, 0.05) is 37.9 Å². The van der Waals surface area contributed by atoms with Gasteiger partial charge < -0.3 is 19.3 Å². The molecule has 2 aliphatic heterocycles. The number of rotatable bonds is 6. The Morgan fingerprint density at radius 3 is 2.61 bits per heavy atom. The van der Waals surface area contributed by atoms with Crippen molar-refractivity contribution >= 4 is 0 Å². The molecule has 0 saturated carbocycles. The van der Waals surface area contributed by atoms with Crippen LogP contribution in [0.5, 0.6) is 11.5 Å². The predicted octanol–water partition coefficient (Wildman–Crippen LogP) is 5.00. The van der Waals surface area contributed by atoms with Gasteiger partial charge in [-0.05, 0) is 44.5 Å². The van der Waals surface area contributed by atoms with Gasteiger partial charge in [0.2, 0.25) is 0 Å². The van der Waals surface area contributed by atoms with Gasteiger partial charge in [0.1, 0.15) is 17.6 Å². The standard InChI is InChI=1S/C25H32FNO4/c1-4-29-22-10-9-18(15-20(22)26)24(28)27-13-11-25(12-14-27)16-23(30-17(2)3)19-7-5-6-8-21(19)31-25/h5-10,15,17,23-24,28H,4,11-14,16H2,1-3H3/t23-,24?/m1/s1. The average molecular weight is 430 g/mol. The van der Waals surface area contributed by atoms with Crippen molar-refractivity contribution in [2.45, 2.75) is 64.1 Å². The number of aliphatic hydroxyl groups excluding tert-OH is 1. The lowest BCUT2D eigenvalue weighted by atomic mass is 9.81. The highest BCUT2D eigenvalue weighted by molar-refractivity contribution is 5.38. The molecule has 0 aromatic heterocycles. The molecule has 1 saturated heterocycles. The van der Waals surface area contributed by atoms with Crippen molar-refractivity contribution in [3.05, 3.63) is 59.4 Å². The molecule has 5 nitrogen and oxygen atoms in total. The first-order chi connectivity index (χ1) is 14.9. The Hall–Kier alpha value is -2.15. The number of fused-ring (bicyclic) bond motifs is 1. The largest absolute Gasteiger partial charge is 0.491 e. The normalized spacial score (nSPS) is 21.5. The molecular formula is C25H32FNO4. The second kappa shape index (κ2) is 9.15. The average Bonchev–Trinajstić information content (AvgIpc) is 2.75. The molecule has 0 radical (unpaired) electrons. The first-order valence-corrected chi connectivity index (χ1v) is 11.2. The van der Waals surface area contributed by atoms with Gasteiger partial charge in [0.25, 0.3) is 0 Å². The van der Waals surface area contributed by atoms with Gasteiger partial charge in [-0.1, -0.05) is 24.3 Å². The summed E-state index contributed by atoms with van der Waals surface area (Å²) >= 11 is 0. The molecule has 1 N–H and O–H groups in total. The van der Waals surface area contributed by atoms with Crippen molar-refractivity contribution in [3.63, 3.8) is 0 Å². The van der Waals surface area contributed by atoms with Crippen LogP contribution >= 0.6 is 0 Å². The van der Waals surface area contributed by atoms with Crippen LogP contribution in [0.1, 0.15) is 63.5 Å². The number of hydrogen-bond acceptors (Lipinski definition) is 5. The van der Waals surface area contributed by atoms with Crippen molar-refractivity contribution in [2.75, 3.05) is 19.7 Å². The van der Waals surface area contributed by atoms with Gasteiger partial charge in [0.15, 0.2) is 11.6 Å². The molecule has 4 rings (SSSR count). The summed E-state index contributed by atoms with van der Waals surface area (Å²) in [5, 5.41) is 10.9. The molecule has 168 valence electrons. The number of likely N-dealkylation sites (tertiary alicyclic amines) is 1. The van der Waals surface area contributed by atoms with Crippen LogP contribution in [-0.4, -0.2) is 41.4 Å². The van der Waals surface area contributed by atoms with Crippen LogP contribution in [0.4, 0.5) is 4.39 Å². The number of benzene rings is 2. The molecule has 31 heavy (non-hydrogen) atoms. The monoisotopic (exact) mass is 429 g/mol. The van der Waals surface area contributed by atoms with Gasteiger partial charge in [-0.25, -0.2) is 4.39 Å². The summed E-state index contributed by atoms with van der Waals surface area (Å²) < 4.78 is 32.2. The van der Waals surface area contributed by atoms with Crippen LogP contribution in [0.15, 0.2) is 42.5 Å². The summed E-state index contributed by atoms with van der Waals surface area (Å²) in [5.74, 6) is 0.649. The van der Waals surface area contributed by atoms with E-state index >= 15 is 0 Å². The molecule has 6 heteroatoms. The van der Waals surface area contributed by atoms with Gasteiger partial charge in [0.05, 0.1) is 18.8 Å². The first-order valence-electron chi connectivity index (χ1n) is 11.2. The van der Waals surface area contributed by atoms with E-state index in [-0.39, 0.29) is 23.6 Å². The highest BCUT2D eigenvalue weighted by atomic mass is 19.1. The zero-order chi connectivity index (χ0) is 22.0. The van der Waals surface area contributed by atoms with E-state index in [0.717, 1.165) is 30.6 Å². The number of para-hydroxylation sites is 1. The number of piperidine rings is 1. The van der Waals surface area contributed by atoms with Crippen LogP contribution in [0.3, 0.4) is 0 Å². The van der Waals surface area contributed by atoms with Crippen LogP contribution < -0.4 is 9.47 Å². The Bertz CT molecular complexity index is 895. The molecule has 2 atom stereocenters. The zero-order valence-corrected chi connectivity index (χ0v) is 18.5. The van der Waals surface area contributed by atoms with Crippen molar-refractivity contribution in [3.8, 4) is 11.5 Å². The van der Waals surface area contributed by atoms with Gasteiger partial charge in [-0.15, -0.1) is 0 Å². The number of halogens is 1. The lowest BCUT2D eigenvalue weighted by Gasteiger charge is -2.47. The van der Waals surface area contributed by atoms with Crippen molar-refractivity contribution in [1.29, 1.82) is 0 Å². The third-order valence-electron chi connectivity index (χ3n) is 6.20. The Kier molecular flexibility index (Phi) is 6.51. The SMILES string of the molecule is CCOc1ccc(C(O)N2CCC3(CC2)C[C@@H](OC(C)C)c2ccccc2O3)cc1F. The lowest BCUT2D eigenvalue weighted by molar-refractivity contribution is -0.109. The number of nitrogens with zero attached hydrogens (tertiary/aromatic N) is 1. The fraction of sp³-hybridized carbons (Fsp3) is 0.520. The third-order valence-corrected chi connectivity index (χ3v) is 6.20. The van der Waals surface area contributed by atoms with Gasteiger partial charge in [-0.3, -0.25) is 4.90 Å². The molecule has 0 aliphatic carbocycles. The molecule has 0 amide bonds. The van der Waals surface area contributed by atoms with E-state index in [4.69, 9.17) is 14.2 Å². The van der Waals surface area contributed by atoms with E-state index in [0.29, 0.717) is 25.3 Å². The first kappa shape index (κ1) is 22.1. The molecule has 2 aliphatic rings. The van der Waals surface area contributed by atoms with Crippen molar-refractivity contribution in [2.24, 2.45) is 0 Å². The van der Waals surface area contributed by atoms with Crippen LogP contribution in [0, 0.1) is 5.82 Å². The fourth-order valence-electron chi connectivity index (χ4n) is 4.66. The number of ether oxygens (including phenoxy) is 3. The Morgan fingerprint density at radius 1 is 1.19 bits per heavy atom. The summed E-state index contributed by atoms with van der Waals surface area (Å²) in [4.78, 5) is 1.97. The smallest absolute Gasteiger partial charge is 0.165 e. The summed E-state index contributed by atoms with van der Waals surface area (Å²) in [6.45, 7) is 7.64. The highest BCUT2D eigenvalue weighted by Crippen LogP contribution is 2.46. The molecule has 2 aromatic carbocycles. The maximum atomic E-state index is 14.2. The molecule has 0 bridgehead atoms. The van der Waals surface area contributed by atoms with Crippen molar-refractivity contribution < 1.29 is 23.7 Å². The Balaban J connectivity index is 1.46. The maximum Gasteiger partial charge on any atom is 0.165 e. The molecule has 1 fully saturated rings. The summed E-state index contributed by atoms with van der Waals surface area (Å²) in [5.41, 5.74) is 1.33. The van der Waals surface area contributed by atoms with E-state index < -0.39 is 12.0 Å². The number of aliphatic hydroxyl groups is 1. The fourth-order valence-corrected chi connectivity index (χ4v) is 4.66. The summed E-state index contributed by atoms with van der Waals surface area (Å²) in [7, 11) is 0. The quantitative estimate of drug-likeness (QED) is 0.700.